The van der Waals surface area contributed by atoms with E-state index in [0.29, 0.717) is 19.4 Å². The average molecular weight is 1140 g/mol. The van der Waals surface area contributed by atoms with Crippen molar-refractivity contribution in [2.45, 2.75) is 431 Å². The van der Waals surface area contributed by atoms with Crippen molar-refractivity contribution in [2.24, 2.45) is 0 Å². The molecule has 0 aromatic carbocycles. The van der Waals surface area contributed by atoms with Gasteiger partial charge in [-0.2, -0.15) is 0 Å². The number of allylic oxidation sites excluding steroid dienone is 3. The Bertz CT molecular complexity index is 1270. The van der Waals surface area contributed by atoms with Gasteiger partial charge in [0.2, 0.25) is 5.91 Å². The van der Waals surface area contributed by atoms with Gasteiger partial charge in [0.25, 0.3) is 0 Å². The van der Waals surface area contributed by atoms with Gasteiger partial charge in [-0.05, 0) is 57.8 Å². The summed E-state index contributed by atoms with van der Waals surface area (Å²) in [5.41, 5.74) is 0. The SMILES string of the molecule is CCCCCCCC/C=C\CCCCCCCCCCCC(=O)OCCCCCCCCCCCCCCCCCCCCCCCCCCCCCCCCCCC(=O)NC(CO)C(O)/C=C/CCCCCCCCCCCCC. The number of rotatable bonds is 70. The van der Waals surface area contributed by atoms with Crippen molar-refractivity contribution in [2.75, 3.05) is 13.2 Å². The van der Waals surface area contributed by atoms with Crippen molar-refractivity contribution in [3.05, 3.63) is 24.3 Å². The summed E-state index contributed by atoms with van der Waals surface area (Å²) >= 11 is 0. The van der Waals surface area contributed by atoms with Crippen LogP contribution in [0.15, 0.2) is 24.3 Å². The summed E-state index contributed by atoms with van der Waals surface area (Å²) in [6.45, 7) is 4.93. The number of amides is 1. The zero-order chi connectivity index (χ0) is 58.5. The zero-order valence-corrected chi connectivity index (χ0v) is 55.0. The standard InChI is InChI=1S/C75H145NO5/c1-3-5-7-9-11-13-15-17-18-19-34-38-41-45-49-53-57-61-65-69-75(80)81-70-66-62-58-54-50-46-42-39-36-33-31-29-27-25-23-21-20-22-24-26-28-30-32-35-37-40-44-48-52-56-60-64-68-74(79)76-72(71-77)73(78)67-63-59-55-51-47-43-16-14-12-10-8-6-4-2/h17-18,63,67,72-73,77-78H,3-16,19-62,64-66,68-71H2,1-2H3,(H,76,79)/b18-17-,67-63+. The van der Waals surface area contributed by atoms with Gasteiger partial charge in [-0.25, -0.2) is 0 Å². The lowest BCUT2D eigenvalue weighted by atomic mass is 10.0. The highest BCUT2D eigenvalue weighted by molar-refractivity contribution is 5.76. The minimum Gasteiger partial charge on any atom is -0.466 e. The number of carbonyl (C=O) groups is 2. The molecule has 3 N–H and O–H groups in total. The lowest BCUT2D eigenvalue weighted by Gasteiger charge is -2.20. The van der Waals surface area contributed by atoms with E-state index in [0.717, 1.165) is 38.5 Å². The topological polar surface area (TPSA) is 95.9 Å². The summed E-state index contributed by atoms with van der Waals surface area (Å²) < 4.78 is 5.52. The molecule has 0 aromatic heterocycles. The fourth-order valence-corrected chi connectivity index (χ4v) is 11.8. The van der Waals surface area contributed by atoms with Crippen LogP contribution in [-0.2, 0) is 14.3 Å². The summed E-state index contributed by atoms with van der Waals surface area (Å²) in [4.78, 5) is 24.6. The third-order valence-electron chi connectivity index (χ3n) is 17.5. The highest BCUT2D eigenvalue weighted by Gasteiger charge is 2.18. The fourth-order valence-electron chi connectivity index (χ4n) is 11.8. The van der Waals surface area contributed by atoms with E-state index in [1.807, 2.05) is 6.08 Å². The highest BCUT2D eigenvalue weighted by Crippen LogP contribution is 2.19. The molecule has 0 saturated carbocycles. The molecule has 2 atom stereocenters. The monoisotopic (exact) mass is 1140 g/mol. The molecule has 480 valence electrons. The Hall–Kier alpha value is -1.66. The summed E-state index contributed by atoms with van der Waals surface area (Å²) in [6, 6.07) is -0.623. The van der Waals surface area contributed by atoms with E-state index in [1.165, 1.54) is 353 Å². The second-order valence-corrected chi connectivity index (χ2v) is 25.6. The molecule has 6 nitrogen and oxygen atoms in total. The van der Waals surface area contributed by atoms with E-state index in [4.69, 9.17) is 4.74 Å². The van der Waals surface area contributed by atoms with Crippen LogP contribution in [0.25, 0.3) is 0 Å². The fraction of sp³-hybridized carbons (Fsp3) is 0.920. The molecule has 2 unspecified atom stereocenters. The molecule has 1 amide bonds. The molecule has 0 aromatic rings. The number of unbranched alkanes of at least 4 members (excludes halogenated alkanes) is 57. The van der Waals surface area contributed by atoms with Gasteiger partial charge in [0.1, 0.15) is 0 Å². The molecule has 0 spiro atoms. The Morgan fingerprint density at radius 1 is 0.333 bits per heavy atom. The predicted molar refractivity (Wildman–Crippen MR) is 356 cm³/mol. The number of hydrogen-bond donors (Lipinski definition) is 3. The minimum atomic E-state index is -0.840. The molecule has 6 heteroatoms. The molecule has 0 aliphatic rings. The van der Waals surface area contributed by atoms with Crippen molar-refractivity contribution in [1.29, 1.82) is 0 Å². The van der Waals surface area contributed by atoms with Crippen molar-refractivity contribution in [3.8, 4) is 0 Å². The number of carbonyl (C=O) groups excluding carboxylic acids is 2. The summed E-state index contributed by atoms with van der Waals surface area (Å²) in [6.07, 6.45) is 90.0. The molecule has 0 aliphatic carbocycles. The van der Waals surface area contributed by atoms with Crippen molar-refractivity contribution in [3.63, 3.8) is 0 Å². The summed E-state index contributed by atoms with van der Waals surface area (Å²) in [5.74, 6) is -0.0403. The Kier molecular flexibility index (Phi) is 69.4. The van der Waals surface area contributed by atoms with E-state index in [9.17, 15) is 19.8 Å². The van der Waals surface area contributed by atoms with Crippen molar-refractivity contribution < 1.29 is 24.5 Å². The van der Waals surface area contributed by atoms with Crippen LogP contribution in [0.2, 0.25) is 0 Å². The number of ether oxygens (including phenoxy) is 1. The van der Waals surface area contributed by atoms with Crippen molar-refractivity contribution in [1.82, 2.24) is 5.32 Å². The number of aliphatic hydroxyl groups is 2. The molecular weight excluding hydrogens is 995 g/mol. The molecule has 0 saturated heterocycles. The molecular formula is C75H145NO5. The first-order chi connectivity index (χ1) is 40.0. The van der Waals surface area contributed by atoms with E-state index in [1.54, 1.807) is 6.08 Å². The van der Waals surface area contributed by atoms with Crippen LogP contribution in [-0.4, -0.2) is 47.4 Å². The van der Waals surface area contributed by atoms with Crippen LogP contribution in [0.1, 0.15) is 418 Å². The highest BCUT2D eigenvalue weighted by atomic mass is 16.5. The third kappa shape index (κ3) is 67.3. The maximum Gasteiger partial charge on any atom is 0.305 e. The zero-order valence-electron chi connectivity index (χ0n) is 55.0. The molecule has 0 fully saturated rings. The lowest BCUT2D eigenvalue weighted by molar-refractivity contribution is -0.143. The Labute approximate surface area is 507 Å². The number of esters is 1. The van der Waals surface area contributed by atoms with E-state index < -0.39 is 12.1 Å². The first-order valence-electron chi connectivity index (χ1n) is 37.1. The average Bonchev–Trinajstić information content (AvgIpc) is 3.47. The number of aliphatic hydroxyl groups excluding tert-OH is 2. The quantitative estimate of drug-likeness (QED) is 0.0320. The Morgan fingerprint density at radius 3 is 0.877 bits per heavy atom. The van der Waals surface area contributed by atoms with Crippen LogP contribution >= 0.6 is 0 Å². The molecule has 0 rings (SSSR count). The minimum absolute atomic E-state index is 0.0213. The van der Waals surface area contributed by atoms with Crippen LogP contribution in [0.3, 0.4) is 0 Å². The number of nitrogens with one attached hydrogen (secondary N) is 1. The normalized spacial score (nSPS) is 12.6. The van der Waals surface area contributed by atoms with Crippen molar-refractivity contribution >= 4 is 11.9 Å². The summed E-state index contributed by atoms with van der Waals surface area (Å²) in [7, 11) is 0. The smallest absolute Gasteiger partial charge is 0.305 e. The van der Waals surface area contributed by atoms with Gasteiger partial charge in [0.15, 0.2) is 0 Å². The molecule has 0 heterocycles. The first kappa shape index (κ1) is 79.3. The van der Waals surface area contributed by atoms with Gasteiger partial charge in [0, 0.05) is 12.8 Å². The maximum atomic E-state index is 12.5. The summed E-state index contributed by atoms with van der Waals surface area (Å²) in [5, 5.41) is 23.1. The Balaban J connectivity index is 3.31. The van der Waals surface area contributed by atoms with Gasteiger partial charge in [-0.1, -0.05) is 372 Å². The maximum absolute atomic E-state index is 12.5. The third-order valence-corrected chi connectivity index (χ3v) is 17.5. The molecule has 0 bridgehead atoms. The van der Waals surface area contributed by atoms with Gasteiger partial charge in [-0.15, -0.1) is 0 Å². The second-order valence-electron chi connectivity index (χ2n) is 25.6. The molecule has 0 aliphatic heterocycles. The largest absolute Gasteiger partial charge is 0.466 e. The van der Waals surface area contributed by atoms with E-state index in [-0.39, 0.29) is 18.5 Å². The molecule has 0 radical (unpaired) electrons. The van der Waals surface area contributed by atoms with Crippen LogP contribution < -0.4 is 5.32 Å². The Morgan fingerprint density at radius 2 is 0.580 bits per heavy atom. The van der Waals surface area contributed by atoms with Gasteiger partial charge in [0.05, 0.1) is 25.4 Å². The van der Waals surface area contributed by atoms with Crippen LogP contribution in [0.4, 0.5) is 0 Å². The second kappa shape index (κ2) is 70.8. The van der Waals surface area contributed by atoms with Gasteiger partial charge >= 0.3 is 5.97 Å². The van der Waals surface area contributed by atoms with E-state index in [2.05, 4.69) is 31.3 Å². The van der Waals surface area contributed by atoms with Crippen LogP contribution in [0, 0.1) is 0 Å². The van der Waals surface area contributed by atoms with E-state index >= 15 is 0 Å². The van der Waals surface area contributed by atoms with Gasteiger partial charge < -0.3 is 20.3 Å². The number of hydrogen-bond acceptors (Lipinski definition) is 5. The first-order valence-corrected chi connectivity index (χ1v) is 37.1. The molecule has 81 heavy (non-hydrogen) atoms. The predicted octanol–water partition coefficient (Wildman–Crippen LogP) is 24.1. The van der Waals surface area contributed by atoms with Gasteiger partial charge in [-0.3, -0.25) is 9.59 Å². The lowest BCUT2D eigenvalue weighted by Crippen LogP contribution is -2.45. The van der Waals surface area contributed by atoms with Crippen LogP contribution in [0.5, 0.6) is 0 Å².